The van der Waals surface area contributed by atoms with Crippen molar-refractivity contribution in [2.75, 3.05) is 19.8 Å². The van der Waals surface area contributed by atoms with Crippen LogP contribution < -0.4 is 5.32 Å². The Morgan fingerprint density at radius 1 is 1.50 bits per heavy atom. The van der Waals surface area contributed by atoms with E-state index in [2.05, 4.69) is 15.5 Å². The molecular formula is C10H11FN4O. The van der Waals surface area contributed by atoms with Gasteiger partial charge in [-0.05, 0) is 6.07 Å². The van der Waals surface area contributed by atoms with E-state index in [1.807, 2.05) is 0 Å². The third-order valence-corrected chi connectivity index (χ3v) is 2.63. The van der Waals surface area contributed by atoms with E-state index in [1.165, 1.54) is 12.1 Å². The van der Waals surface area contributed by atoms with E-state index in [-0.39, 0.29) is 11.9 Å². The molecule has 1 saturated heterocycles. The van der Waals surface area contributed by atoms with Crippen molar-refractivity contribution >= 4 is 5.65 Å². The van der Waals surface area contributed by atoms with E-state index < -0.39 is 0 Å². The Bertz CT molecular complexity index is 506. The van der Waals surface area contributed by atoms with E-state index in [4.69, 9.17) is 4.74 Å². The van der Waals surface area contributed by atoms with Gasteiger partial charge in [-0.1, -0.05) is 0 Å². The molecule has 0 bridgehead atoms. The number of nitrogens with one attached hydrogen (secondary N) is 1. The average Bonchev–Trinajstić information content (AvgIpc) is 2.73. The molecule has 0 aromatic carbocycles. The average molecular weight is 222 g/mol. The van der Waals surface area contributed by atoms with Gasteiger partial charge in [0.2, 0.25) is 0 Å². The minimum atomic E-state index is -0.306. The second-order valence-corrected chi connectivity index (χ2v) is 3.71. The SMILES string of the molecule is Fc1ccn2c(C3COCCN3)nnc2c1. The fraction of sp³-hybridized carbons (Fsp3) is 0.400. The van der Waals surface area contributed by atoms with Crippen LogP contribution in [0.4, 0.5) is 4.39 Å². The molecule has 6 heteroatoms. The molecule has 1 aliphatic heterocycles. The Kier molecular flexibility index (Phi) is 2.30. The normalized spacial score (nSPS) is 21.4. The number of hydrogen-bond acceptors (Lipinski definition) is 4. The summed E-state index contributed by atoms with van der Waals surface area (Å²) in [4.78, 5) is 0. The first-order chi connectivity index (χ1) is 7.84. The van der Waals surface area contributed by atoms with Crippen molar-refractivity contribution in [1.29, 1.82) is 0 Å². The largest absolute Gasteiger partial charge is 0.378 e. The number of nitrogens with zero attached hydrogens (tertiary/aromatic N) is 3. The summed E-state index contributed by atoms with van der Waals surface area (Å²) in [5.74, 6) is 0.453. The molecule has 1 unspecified atom stereocenters. The van der Waals surface area contributed by atoms with Gasteiger partial charge in [0, 0.05) is 18.8 Å². The van der Waals surface area contributed by atoms with E-state index in [0.717, 1.165) is 12.4 Å². The lowest BCUT2D eigenvalue weighted by Gasteiger charge is -2.22. The molecular weight excluding hydrogens is 211 g/mol. The van der Waals surface area contributed by atoms with E-state index in [1.54, 1.807) is 10.6 Å². The van der Waals surface area contributed by atoms with Crippen molar-refractivity contribution in [2.24, 2.45) is 0 Å². The molecule has 0 spiro atoms. The van der Waals surface area contributed by atoms with Gasteiger partial charge in [-0.3, -0.25) is 4.40 Å². The minimum Gasteiger partial charge on any atom is -0.378 e. The zero-order valence-electron chi connectivity index (χ0n) is 8.56. The highest BCUT2D eigenvalue weighted by Crippen LogP contribution is 2.15. The smallest absolute Gasteiger partial charge is 0.163 e. The molecule has 0 amide bonds. The molecule has 16 heavy (non-hydrogen) atoms. The quantitative estimate of drug-likeness (QED) is 0.764. The first-order valence-electron chi connectivity index (χ1n) is 5.16. The van der Waals surface area contributed by atoms with Crippen molar-refractivity contribution in [3.8, 4) is 0 Å². The van der Waals surface area contributed by atoms with Gasteiger partial charge < -0.3 is 10.1 Å². The summed E-state index contributed by atoms with van der Waals surface area (Å²) >= 11 is 0. The lowest BCUT2D eigenvalue weighted by atomic mass is 10.2. The van der Waals surface area contributed by atoms with Gasteiger partial charge in [0.15, 0.2) is 11.5 Å². The van der Waals surface area contributed by atoms with Gasteiger partial charge in [0.05, 0.1) is 19.3 Å². The number of pyridine rings is 1. The summed E-state index contributed by atoms with van der Waals surface area (Å²) in [5.41, 5.74) is 0.516. The Morgan fingerprint density at radius 2 is 2.44 bits per heavy atom. The molecule has 0 radical (unpaired) electrons. The molecule has 84 valence electrons. The number of hydrogen-bond donors (Lipinski definition) is 1. The number of aromatic nitrogens is 3. The van der Waals surface area contributed by atoms with Gasteiger partial charge in [-0.25, -0.2) is 4.39 Å². The fourth-order valence-corrected chi connectivity index (χ4v) is 1.85. The van der Waals surface area contributed by atoms with Crippen LogP contribution in [-0.2, 0) is 4.74 Å². The standard InChI is InChI=1S/C10H11FN4O/c11-7-1-3-15-9(5-7)13-14-10(15)8-6-16-4-2-12-8/h1,3,5,8,12H,2,4,6H2. The number of fused-ring (bicyclic) bond motifs is 1. The monoisotopic (exact) mass is 222 g/mol. The second-order valence-electron chi connectivity index (χ2n) is 3.71. The first kappa shape index (κ1) is 9.68. The minimum absolute atomic E-state index is 0.0224. The number of rotatable bonds is 1. The van der Waals surface area contributed by atoms with E-state index in [9.17, 15) is 4.39 Å². The number of halogens is 1. The van der Waals surface area contributed by atoms with Crippen molar-refractivity contribution in [3.05, 3.63) is 30.0 Å². The van der Waals surface area contributed by atoms with Gasteiger partial charge in [0.25, 0.3) is 0 Å². The van der Waals surface area contributed by atoms with Crippen molar-refractivity contribution in [2.45, 2.75) is 6.04 Å². The molecule has 3 rings (SSSR count). The predicted octanol–water partition coefficient (Wildman–Crippen LogP) is 0.529. The Morgan fingerprint density at radius 3 is 3.25 bits per heavy atom. The second kappa shape index (κ2) is 3.80. The lowest BCUT2D eigenvalue weighted by Crippen LogP contribution is -2.35. The predicted molar refractivity (Wildman–Crippen MR) is 54.5 cm³/mol. The van der Waals surface area contributed by atoms with Crippen LogP contribution in [0.1, 0.15) is 11.9 Å². The third-order valence-electron chi connectivity index (χ3n) is 2.63. The number of morpholine rings is 1. The van der Waals surface area contributed by atoms with Crippen LogP contribution in [-0.4, -0.2) is 34.4 Å². The van der Waals surface area contributed by atoms with Crippen molar-refractivity contribution in [1.82, 2.24) is 19.9 Å². The summed E-state index contributed by atoms with van der Waals surface area (Å²) in [5, 5.41) is 11.3. The van der Waals surface area contributed by atoms with Crippen LogP contribution in [0.15, 0.2) is 18.3 Å². The van der Waals surface area contributed by atoms with Crippen LogP contribution in [0.2, 0.25) is 0 Å². The topological polar surface area (TPSA) is 51.5 Å². The van der Waals surface area contributed by atoms with Crippen LogP contribution in [0.5, 0.6) is 0 Å². The van der Waals surface area contributed by atoms with Crippen molar-refractivity contribution in [3.63, 3.8) is 0 Å². The van der Waals surface area contributed by atoms with Crippen LogP contribution in [0.25, 0.3) is 5.65 Å². The Balaban J connectivity index is 2.03. The zero-order chi connectivity index (χ0) is 11.0. The summed E-state index contributed by atoms with van der Waals surface area (Å²) in [6.45, 7) is 2.07. The highest BCUT2D eigenvalue weighted by Gasteiger charge is 2.20. The maximum atomic E-state index is 13.0. The van der Waals surface area contributed by atoms with Crippen LogP contribution in [0.3, 0.4) is 0 Å². The van der Waals surface area contributed by atoms with E-state index in [0.29, 0.717) is 18.9 Å². The maximum Gasteiger partial charge on any atom is 0.163 e. The Hall–Kier alpha value is -1.53. The molecule has 3 heterocycles. The molecule has 1 aliphatic rings. The molecule has 0 aliphatic carbocycles. The van der Waals surface area contributed by atoms with Gasteiger partial charge >= 0.3 is 0 Å². The summed E-state index contributed by atoms with van der Waals surface area (Å²) in [6, 6.07) is 2.78. The molecule has 1 fully saturated rings. The van der Waals surface area contributed by atoms with Gasteiger partial charge in [-0.2, -0.15) is 0 Å². The molecule has 0 saturated carbocycles. The number of ether oxygens (including phenoxy) is 1. The van der Waals surface area contributed by atoms with Crippen LogP contribution in [0, 0.1) is 5.82 Å². The third kappa shape index (κ3) is 1.56. The zero-order valence-corrected chi connectivity index (χ0v) is 8.56. The molecule has 1 atom stereocenters. The molecule has 5 nitrogen and oxygen atoms in total. The van der Waals surface area contributed by atoms with Crippen molar-refractivity contribution < 1.29 is 9.13 Å². The highest BCUT2D eigenvalue weighted by atomic mass is 19.1. The summed E-state index contributed by atoms with van der Waals surface area (Å²) in [7, 11) is 0. The molecule has 1 N–H and O–H groups in total. The van der Waals surface area contributed by atoms with Gasteiger partial charge in [0.1, 0.15) is 5.82 Å². The molecule has 2 aromatic heterocycles. The lowest BCUT2D eigenvalue weighted by molar-refractivity contribution is 0.0739. The maximum absolute atomic E-state index is 13.0. The van der Waals surface area contributed by atoms with Crippen LogP contribution >= 0.6 is 0 Å². The fourth-order valence-electron chi connectivity index (χ4n) is 1.85. The van der Waals surface area contributed by atoms with E-state index >= 15 is 0 Å². The first-order valence-corrected chi connectivity index (χ1v) is 5.16. The summed E-state index contributed by atoms with van der Waals surface area (Å²) in [6.07, 6.45) is 1.64. The highest BCUT2D eigenvalue weighted by molar-refractivity contribution is 5.38. The van der Waals surface area contributed by atoms with Gasteiger partial charge in [-0.15, -0.1) is 10.2 Å². The Labute approximate surface area is 91.2 Å². The molecule has 2 aromatic rings. The summed E-state index contributed by atoms with van der Waals surface area (Å²) < 4.78 is 20.1.